The first-order valence-electron chi connectivity index (χ1n) is 8.90. The fraction of sp³-hybridized carbons (Fsp3) is 0.182. The molecule has 1 aliphatic heterocycles. The van der Waals surface area contributed by atoms with E-state index >= 15 is 0 Å². The van der Waals surface area contributed by atoms with Crippen LogP contribution in [0.2, 0.25) is 0 Å². The monoisotopic (exact) mass is 377 g/mol. The number of carbonyl (C=O) groups is 2. The Morgan fingerprint density at radius 1 is 1.07 bits per heavy atom. The average molecular weight is 377 g/mol. The summed E-state index contributed by atoms with van der Waals surface area (Å²) in [5.74, 6) is -0.0801. The van der Waals surface area contributed by atoms with Crippen molar-refractivity contribution in [2.45, 2.75) is 26.4 Å². The van der Waals surface area contributed by atoms with Crippen molar-refractivity contribution >= 4 is 17.4 Å². The van der Waals surface area contributed by atoms with Gasteiger partial charge in [-0.25, -0.2) is 0 Å². The maximum atomic E-state index is 12.8. The highest BCUT2D eigenvalue weighted by atomic mass is 16.3. The van der Waals surface area contributed by atoms with Crippen LogP contribution in [0.15, 0.2) is 69.2 Å². The van der Waals surface area contributed by atoms with Gasteiger partial charge in [-0.1, -0.05) is 29.8 Å². The van der Waals surface area contributed by atoms with Gasteiger partial charge in [0.25, 0.3) is 11.7 Å². The van der Waals surface area contributed by atoms with Gasteiger partial charge >= 0.3 is 0 Å². The number of carbonyl (C=O) groups excluding carboxylic acids is 2. The van der Waals surface area contributed by atoms with E-state index in [1.54, 1.807) is 43.3 Å². The fourth-order valence-corrected chi connectivity index (χ4v) is 3.38. The van der Waals surface area contributed by atoms with Gasteiger partial charge in [0.15, 0.2) is 0 Å². The number of likely N-dealkylation sites (tertiary alicyclic amines) is 1. The Labute approximate surface area is 161 Å². The van der Waals surface area contributed by atoms with Gasteiger partial charge in [-0.2, -0.15) is 0 Å². The van der Waals surface area contributed by atoms with Crippen LogP contribution in [0.4, 0.5) is 0 Å². The maximum absolute atomic E-state index is 12.8. The van der Waals surface area contributed by atoms with Gasteiger partial charge in [-0.3, -0.25) is 9.59 Å². The Bertz CT molecular complexity index is 1060. The van der Waals surface area contributed by atoms with Gasteiger partial charge in [0.05, 0.1) is 18.4 Å². The Morgan fingerprint density at radius 3 is 2.43 bits per heavy atom. The average Bonchev–Trinajstić information content (AvgIpc) is 3.39. The molecule has 1 aliphatic rings. The molecule has 1 atom stereocenters. The maximum Gasteiger partial charge on any atom is 0.296 e. The topological polar surface area (TPSA) is 83.9 Å². The van der Waals surface area contributed by atoms with Crippen LogP contribution in [-0.2, 0) is 16.1 Å². The molecule has 0 bridgehead atoms. The molecule has 3 aromatic rings. The van der Waals surface area contributed by atoms with Crippen LogP contribution in [-0.4, -0.2) is 21.7 Å². The van der Waals surface area contributed by atoms with Crippen molar-refractivity contribution in [1.82, 2.24) is 4.90 Å². The van der Waals surface area contributed by atoms with E-state index in [0.717, 1.165) is 5.56 Å². The second-order valence-electron chi connectivity index (χ2n) is 6.82. The molecule has 1 amide bonds. The largest absolute Gasteiger partial charge is 0.507 e. The lowest BCUT2D eigenvalue weighted by Gasteiger charge is -2.22. The number of hydrogen-bond donors (Lipinski definition) is 1. The second-order valence-corrected chi connectivity index (χ2v) is 6.82. The summed E-state index contributed by atoms with van der Waals surface area (Å²) >= 11 is 0. The number of rotatable bonds is 4. The molecule has 1 fully saturated rings. The summed E-state index contributed by atoms with van der Waals surface area (Å²) < 4.78 is 11.1. The summed E-state index contributed by atoms with van der Waals surface area (Å²) in [5, 5.41) is 10.9. The Morgan fingerprint density at radius 2 is 1.82 bits per heavy atom. The normalized spacial score (nSPS) is 18.8. The number of hydrogen-bond acceptors (Lipinski definition) is 5. The summed E-state index contributed by atoms with van der Waals surface area (Å²) in [5.41, 5.74) is 1.50. The highest BCUT2D eigenvalue weighted by molar-refractivity contribution is 6.46. The van der Waals surface area contributed by atoms with Crippen molar-refractivity contribution in [1.29, 1.82) is 0 Å². The number of aliphatic hydroxyl groups is 1. The molecule has 0 spiro atoms. The van der Waals surface area contributed by atoms with Crippen LogP contribution >= 0.6 is 0 Å². The molecule has 1 saturated heterocycles. The first kappa shape index (κ1) is 17.9. The fourth-order valence-electron chi connectivity index (χ4n) is 3.38. The van der Waals surface area contributed by atoms with Gasteiger partial charge in [0.1, 0.15) is 29.1 Å². The second kappa shape index (κ2) is 6.88. The minimum Gasteiger partial charge on any atom is -0.507 e. The number of ketones is 1. The number of aryl methyl sites for hydroxylation is 2. The number of furan rings is 2. The summed E-state index contributed by atoms with van der Waals surface area (Å²) in [6, 6.07) is 13.2. The van der Waals surface area contributed by atoms with E-state index in [4.69, 9.17) is 8.83 Å². The number of Topliss-reactive ketones (excluding diaryl/α,β-unsaturated/α-hetero) is 1. The molecule has 1 aromatic carbocycles. The van der Waals surface area contributed by atoms with Crippen molar-refractivity contribution in [3.05, 3.63) is 88.8 Å². The highest BCUT2D eigenvalue weighted by Crippen LogP contribution is 2.40. The molecule has 6 heteroatoms. The lowest BCUT2D eigenvalue weighted by atomic mass is 9.99. The molecule has 2 aromatic heterocycles. The van der Waals surface area contributed by atoms with Crippen molar-refractivity contribution in [2.75, 3.05) is 0 Å². The highest BCUT2D eigenvalue weighted by Gasteiger charge is 2.47. The number of aliphatic hydroxyl groups excluding tert-OH is 1. The van der Waals surface area contributed by atoms with E-state index in [1.165, 1.54) is 11.2 Å². The van der Waals surface area contributed by atoms with Gasteiger partial charge < -0.3 is 18.8 Å². The first-order chi connectivity index (χ1) is 13.5. The molecule has 142 valence electrons. The van der Waals surface area contributed by atoms with Crippen molar-refractivity contribution < 1.29 is 23.5 Å². The molecule has 28 heavy (non-hydrogen) atoms. The van der Waals surface area contributed by atoms with Gasteiger partial charge in [0.2, 0.25) is 0 Å². The van der Waals surface area contributed by atoms with Crippen molar-refractivity contribution in [3.63, 3.8) is 0 Å². The number of amides is 1. The molecular formula is C22H19NO5. The SMILES string of the molecule is Cc1ccc(/C(O)=C2/C(=O)C(=O)N(Cc3ccco3)C2c2ccc(C)o2)cc1. The number of nitrogens with zero attached hydrogens (tertiary/aromatic N) is 1. The van der Waals surface area contributed by atoms with Crippen LogP contribution in [0.3, 0.4) is 0 Å². The molecule has 3 heterocycles. The summed E-state index contributed by atoms with van der Waals surface area (Å²) in [4.78, 5) is 27.0. The lowest BCUT2D eigenvalue weighted by molar-refractivity contribution is -0.140. The lowest BCUT2D eigenvalue weighted by Crippen LogP contribution is -2.28. The number of benzene rings is 1. The third kappa shape index (κ3) is 3.03. The standard InChI is InChI=1S/C22H19NO5/c1-13-5-8-15(9-6-13)20(24)18-19(17-10-7-14(2)28-17)23(22(26)21(18)25)12-16-4-3-11-27-16/h3-11,19,24H,12H2,1-2H3/b20-18-. The van der Waals surface area contributed by atoms with E-state index in [9.17, 15) is 14.7 Å². The minimum atomic E-state index is -0.833. The van der Waals surface area contributed by atoms with E-state index in [-0.39, 0.29) is 17.9 Å². The van der Waals surface area contributed by atoms with Crippen LogP contribution in [0.25, 0.3) is 5.76 Å². The molecule has 0 aliphatic carbocycles. The summed E-state index contributed by atoms with van der Waals surface area (Å²) in [6.07, 6.45) is 1.50. The van der Waals surface area contributed by atoms with Gasteiger partial charge in [-0.15, -0.1) is 0 Å². The van der Waals surface area contributed by atoms with E-state index in [2.05, 4.69) is 0 Å². The molecule has 0 radical (unpaired) electrons. The predicted octanol–water partition coefficient (Wildman–Crippen LogP) is 4.11. The molecule has 4 rings (SSSR count). The third-order valence-electron chi connectivity index (χ3n) is 4.80. The molecule has 1 unspecified atom stereocenters. The quantitative estimate of drug-likeness (QED) is 0.420. The Balaban J connectivity index is 1.85. The summed E-state index contributed by atoms with van der Waals surface area (Å²) in [7, 11) is 0. The van der Waals surface area contributed by atoms with Crippen molar-refractivity contribution in [3.8, 4) is 0 Å². The van der Waals surface area contributed by atoms with Crippen molar-refractivity contribution in [2.24, 2.45) is 0 Å². The van der Waals surface area contributed by atoms with Crippen LogP contribution in [0, 0.1) is 13.8 Å². The smallest absolute Gasteiger partial charge is 0.296 e. The van der Waals surface area contributed by atoms with E-state index < -0.39 is 17.7 Å². The molecule has 6 nitrogen and oxygen atoms in total. The zero-order valence-corrected chi connectivity index (χ0v) is 15.5. The van der Waals surface area contributed by atoms with E-state index in [1.807, 2.05) is 19.1 Å². The van der Waals surface area contributed by atoms with Gasteiger partial charge in [0, 0.05) is 5.56 Å². The summed E-state index contributed by atoms with van der Waals surface area (Å²) in [6.45, 7) is 3.80. The Kier molecular flexibility index (Phi) is 4.39. The minimum absolute atomic E-state index is 0.00904. The first-order valence-corrected chi connectivity index (χ1v) is 8.90. The zero-order valence-electron chi connectivity index (χ0n) is 15.5. The Hall–Kier alpha value is -3.54. The van der Waals surface area contributed by atoms with Gasteiger partial charge in [-0.05, 0) is 38.1 Å². The van der Waals surface area contributed by atoms with Crippen LogP contribution in [0.5, 0.6) is 0 Å². The predicted molar refractivity (Wildman–Crippen MR) is 101 cm³/mol. The van der Waals surface area contributed by atoms with E-state index in [0.29, 0.717) is 22.8 Å². The van der Waals surface area contributed by atoms with Crippen LogP contribution < -0.4 is 0 Å². The molecule has 0 saturated carbocycles. The zero-order chi connectivity index (χ0) is 19.8. The van der Waals surface area contributed by atoms with Crippen LogP contribution in [0.1, 0.15) is 34.4 Å². The molecule has 1 N–H and O–H groups in total. The third-order valence-corrected chi connectivity index (χ3v) is 4.80. The molecular weight excluding hydrogens is 358 g/mol.